The Morgan fingerprint density at radius 1 is 1.38 bits per heavy atom. The average molecular weight is 333 g/mol. The summed E-state index contributed by atoms with van der Waals surface area (Å²) >= 11 is 5.85. The largest absolute Gasteiger partial charge is 0.311 e. The van der Waals surface area contributed by atoms with Gasteiger partial charge >= 0.3 is 0 Å². The topological polar surface area (TPSA) is 58.2 Å². The van der Waals surface area contributed by atoms with Crippen molar-refractivity contribution < 1.29 is 12.8 Å². The molecule has 1 saturated heterocycles. The second kappa shape index (κ2) is 5.50. The minimum absolute atomic E-state index is 0.0632. The van der Waals surface area contributed by atoms with Crippen molar-refractivity contribution in [1.82, 2.24) is 10.0 Å². The summed E-state index contributed by atoms with van der Waals surface area (Å²) in [6.45, 7) is 0.810. The van der Waals surface area contributed by atoms with Crippen LogP contribution in [0.2, 0.25) is 5.02 Å². The summed E-state index contributed by atoms with van der Waals surface area (Å²) in [7, 11) is -3.72. The van der Waals surface area contributed by atoms with Crippen LogP contribution in [-0.4, -0.2) is 26.5 Å². The Morgan fingerprint density at radius 3 is 2.76 bits per heavy atom. The molecular formula is C14H18ClFN2O2S. The highest BCUT2D eigenvalue weighted by atomic mass is 35.5. The molecular weight excluding hydrogens is 315 g/mol. The molecule has 1 unspecified atom stereocenters. The van der Waals surface area contributed by atoms with E-state index in [1.54, 1.807) is 0 Å². The third kappa shape index (κ3) is 3.08. The summed E-state index contributed by atoms with van der Waals surface area (Å²) in [4.78, 5) is -0.0632. The third-order valence-corrected chi connectivity index (χ3v) is 6.45. The molecule has 0 radical (unpaired) electrons. The zero-order chi connectivity index (χ0) is 15.1. The van der Waals surface area contributed by atoms with Gasteiger partial charge in [0.1, 0.15) is 10.7 Å². The molecule has 7 heteroatoms. The smallest absolute Gasteiger partial charge is 0.242 e. The number of halogens is 2. The standard InChI is InChI=1S/C14H18ClFN2O2S/c15-12-8-10(16)2-3-13(12)21(19,20)18-11-4-7-17-14(9-11)5-1-6-14/h2-3,8,11,17-18H,1,4-7,9H2. The van der Waals surface area contributed by atoms with Gasteiger partial charge in [-0.15, -0.1) is 0 Å². The van der Waals surface area contributed by atoms with Gasteiger partial charge in [-0.2, -0.15) is 0 Å². The predicted molar refractivity (Wildman–Crippen MR) is 79.3 cm³/mol. The summed E-state index contributed by atoms with van der Waals surface area (Å²) in [5, 5.41) is 3.41. The number of piperidine rings is 1. The van der Waals surface area contributed by atoms with E-state index in [0.29, 0.717) is 0 Å². The molecule has 2 N–H and O–H groups in total. The summed E-state index contributed by atoms with van der Waals surface area (Å²) in [6, 6.07) is 3.24. The fraction of sp³-hybridized carbons (Fsp3) is 0.571. The highest BCUT2D eigenvalue weighted by Gasteiger charge is 2.41. The fourth-order valence-electron chi connectivity index (χ4n) is 3.22. The van der Waals surface area contributed by atoms with Crippen molar-refractivity contribution in [1.29, 1.82) is 0 Å². The number of benzene rings is 1. The van der Waals surface area contributed by atoms with Crippen molar-refractivity contribution in [2.45, 2.75) is 48.6 Å². The Morgan fingerprint density at radius 2 is 2.14 bits per heavy atom. The Kier molecular flexibility index (Phi) is 3.98. The molecule has 0 bridgehead atoms. The molecule has 3 rings (SSSR count). The lowest BCUT2D eigenvalue weighted by molar-refractivity contribution is 0.126. The van der Waals surface area contributed by atoms with Crippen molar-refractivity contribution in [2.24, 2.45) is 0 Å². The number of nitrogens with one attached hydrogen (secondary N) is 2. The van der Waals surface area contributed by atoms with E-state index in [9.17, 15) is 12.8 Å². The molecule has 1 atom stereocenters. The third-order valence-electron chi connectivity index (χ3n) is 4.45. The van der Waals surface area contributed by atoms with E-state index in [-0.39, 0.29) is 21.5 Å². The predicted octanol–water partition coefficient (Wildman–Crippen LogP) is 2.43. The quantitative estimate of drug-likeness (QED) is 0.893. The van der Waals surface area contributed by atoms with Crippen molar-refractivity contribution in [3.63, 3.8) is 0 Å². The molecule has 1 aromatic rings. The maximum Gasteiger partial charge on any atom is 0.242 e. The van der Waals surface area contributed by atoms with Crippen molar-refractivity contribution in [3.05, 3.63) is 29.0 Å². The fourth-order valence-corrected chi connectivity index (χ4v) is 5.02. The Bertz CT molecular complexity index is 646. The van der Waals surface area contributed by atoms with E-state index in [1.165, 1.54) is 12.5 Å². The number of hydrogen-bond acceptors (Lipinski definition) is 3. The normalized spacial score (nSPS) is 24.8. The lowest BCUT2D eigenvalue weighted by Crippen LogP contribution is -2.59. The lowest BCUT2D eigenvalue weighted by atomic mass is 9.70. The zero-order valence-electron chi connectivity index (χ0n) is 11.5. The highest BCUT2D eigenvalue weighted by Crippen LogP contribution is 2.38. The number of rotatable bonds is 3. The van der Waals surface area contributed by atoms with E-state index in [1.807, 2.05) is 0 Å². The first kappa shape index (κ1) is 15.2. The van der Waals surface area contributed by atoms with Gasteiger partial charge < -0.3 is 5.32 Å². The van der Waals surface area contributed by atoms with Crippen LogP contribution in [0.4, 0.5) is 4.39 Å². The summed E-state index contributed by atoms with van der Waals surface area (Å²) in [5.41, 5.74) is 0.109. The van der Waals surface area contributed by atoms with E-state index in [2.05, 4.69) is 10.0 Å². The first-order valence-electron chi connectivity index (χ1n) is 7.13. The van der Waals surface area contributed by atoms with E-state index in [0.717, 1.165) is 44.4 Å². The van der Waals surface area contributed by atoms with E-state index < -0.39 is 15.8 Å². The molecule has 2 fully saturated rings. The average Bonchev–Trinajstić information content (AvgIpc) is 2.36. The van der Waals surface area contributed by atoms with Crippen molar-refractivity contribution >= 4 is 21.6 Å². The second-order valence-corrected chi connectivity index (χ2v) is 8.04. The van der Waals surface area contributed by atoms with E-state index in [4.69, 9.17) is 11.6 Å². The maximum atomic E-state index is 13.0. The molecule has 1 spiro atoms. The van der Waals surface area contributed by atoms with Crippen LogP contribution in [0, 0.1) is 5.82 Å². The van der Waals surface area contributed by atoms with Crippen LogP contribution in [0.5, 0.6) is 0 Å². The molecule has 4 nitrogen and oxygen atoms in total. The monoisotopic (exact) mass is 332 g/mol. The van der Waals surface area contributed by atoms with Gasteiger partial charge in [-0.25, -0.2) is 17.5 Å². The minimum atomic E-state index is -3.72. The van der Waals surface area contributed by atoms with Gasteiger partial charge in [-0.1, -0.05) is 11.6 Å². The number of sulfonamides is 1. The van der Waals surface area contributed by atoms with Crippen molar-refractivity contribution in [2.75, 3.05) is 6.54 Å². The van der Waals surface area contributed by atoms with Crippen LogP contribution in [0.25, 0.3) is 0 Å². The Labute approximate surface area is 129 Å². The molecule has 1 aliphatic carbocycles. The molecule has 1 aromatic carbocycles. The Balaban J connectivity index is 1.76. The molecule has 1 saturated carbocycles. The molecule has 1 heterocycles. The summed E-state index contributed by atoms with van der Waals surface area (Å²) < 4.78 is 40.6. The first-order chi connectivity index (χ1) is 9.90. The van der Waals surface area contributed by atoms with Crippen LogP contribution < -0.4 is 10.0 Å². The van der Waals surface area contributed by atoms with E-state index >= 15 is 0 Å². The van der Waals surface area contributed by atoms with Gasteiger partial charge in [0.15, 0.2) is 0 Å². The summed E-state index contributed by atoms with van der Waals surface area (Å²) in [5.74, 6) is -0.547. The van der Waals surface area contributed by atoms with Gasteiger partial charge in [0, 0.05) is 11.6 Å². The minimum Gasteiger partial charge on any atom is -0.311 e. The van der Waals surface area contributed by atoms with Gasteiger partial charge in [-0.3, -0.25) is 0 Å². The molecule has 0 aromatic heterocycles. The maximum absolute atomic E-state index is 13.0. The summed E-state index contributed by atoms with van der Waals surface area (Å²) in [6.07, 6.45) is 4.94. The van der Waals surface area contributed by atoms with Gasteiger partial charge in [-0.05, 0) is 56.8 Å². The van der Waals surface area contributed by atoms with Gasteiger partial charge in [0.05, 0.1) is 5.02 Å². The van der Waals surface area contributed by atoms with Crippen LogP contribution >= 0.6 is 11.6 Å². The second-order valence-electron chi connectivity index (χ2n) is 5.95. The zero-order valence-corrected chi connectivity index (χ0v) is 13.1. The SMILES string of the molecule is O=S(=O)(NC1CCNC2(CCC2)C1)c1ccc(F)cc1Cl. The van der Waals surface area contributed by atoms with Gasteiger partial charge in [0.25, 0.3) is 0 Å². The van der Waals surface area contributed by atoms with Crippen LogP contribution in [-0.2, 0) is 10.0 Å². The first-order valence-corrected chi connectivity index (χ1v) is 8.99. The van der Waals surface area contributed by atoms with Crippen LogP contribution in [0.3, 0.4) is 0 Å². The van der Waals surface area contributed by atoms with Crippen LogP contribution in [0.1, 0.15) is 32.1 Å². The van der Waals surface area contributed by atoms with Crippen molar-refractivity contribution in [3.8, 4) is 0 Å². The van der Waals surface area contributed by atoms with Crippen LogP contribution in [0.15, 0.2) is 23.1 Å². The molecule has 116 valence electrons. The molecule has 0 amide bonds. The lowest BCUT2D eigenvalue weighted by Gasteiger charge is -2.48. The molecule has 2 aliphatic rings. The Hall–Kier alpha value is -0.690. The molecule has 1 aliphatic heterocycles. The number of hydrogen-bond donors (Lipinski definition) is 2. The van der Waals surface area contributed by atoms with Gasteiger partial charge in [0.2, 0.25) is 10.0 Å². The highest BCUT2D eigenvalue weighted by molar-refractivity contribution is 7.89. The molecule has 21 heavy (non-hydrogen) atoms.